The summed E-state index contributed by atoms with van der Waals surface area (Å²) in [6, 6.07) is 5.09. The summed E-state index contributed by atoms with van der Waals surface area (Å²) in [7, 11) is 0. The molecule has 2 N–H and O–H groups in total. The summed E-state index contributed by atoms with van der Waals surface area (Å²) in [4.78, 5) is 0. The first-order chi connectivity index (χ1) is 5.27. The summed E-state index contributed by atoms with van der Waals surface area (Å²) in [5.74, 6) is 5.38. The Morgan fingerprint density at radius 2 is 2.18 bits per heavy atom. The van der Waals surface area contributed by atoms with Crippen molar-refractivity contribution in [3.8, 4) is 0 Å². The van der Waals surface area contributed by atoms with Crippen molar-refractivity contribution in [3.63, 3.8) is 0 Å². The zero-order valence-electron chi connectivity index (χ0n) is 6.05. The van der Waals surface area contributed by atoms with E-state index in [1.807, 2.05) is 6.07 Å². The Bertz CT molecular complexity index is 285. The molecule has 0 aliphatic carbocycles. The maximum atomic E-state index is 13.0. The largest absolute Gasteiger partial charge is 0.268 e. The van der Waals surface area contributed by atoms with Gasteiger partial charge >= 0.3 is 0 Å². The summed E-state index contributed by atoms with van der Waals surface area (Å²) in [6.45, 7) is 1.19. The van der Waals surface area contributed by atoms with Gasteiger partial charge < -0.3 is 0 Å². The average molecular weight is 152 g/mol. The van der Waals surface area contributed by atoms with E-state index in [1.54, 1.807) is 11.1 Å². The molecular formula is C8H9FN2. The zero-order chi connectivity index (χ0) is 7.84. The van der Waals surface area contributed by atoms with Gasteiger partial charge in [0.15, 0.2) is 0 Å². The summed E-state index contributed by atoms with van der Waals surface area (Å²) >= 11 is 0. The maximum absolute atomic E-state index is 13.0. The number of benzene rings is 1. The molecule has 2 rings (SSSR count). The molecule has 0 amide bonds. The van der Waals surface area contributed by atoms with Crippen LogP contribution in [0.4, 0.5) is 4.39 Å². The number of hydrogen-bond acceptors (Lipinski definition) is 2. The van der Waals surface area contributed by atoms with E-state index in [0.717, 1.165) is 11.1 Å². The molecule has 0 aromatic heterocycles. The fourth-order valence-corrected chi connectivity index (χ4v) is 1.41. The molecule has 1 aromatic rings. The molecule has 1 aliphatic rings. The Balaban J connectivity index is 2.49. The molecule has 2 nitrogen and oxygen atoms in total. The van der Waals surface area contributed by atoms with Gasteiger partial charge in [-0.3, -0.25) is 5.84 Å². The lowest BCUT2D eigenvalue weighted by Crippen LogP contribution is -2.23. The quantitative estimate of drug-likeness (QED) is 0.562. The first-order valence-electron chi connectivity index (χ1n) is 3.53. The highest BCUT2D eigenvalue weighted by Crippen LogP contribution is 2.22. The van der Waals surface area contributed by atoms with Gasteiger partial charge in [0.2, 0.25) is 0 Å². The minimum absolute atomic E-state index is 0.143. The minimum atomic E-state index is -0.143. The highest BCUT2D eigenvalue weighted by molar-refractivity contribution is 5.31. The third-order valence-electron chi connectivity index (χ3n) is 1.95. The second-order valence-corrected chi connectivity index (χ2v) is 2.78. The van der Waals surface area contributed by atoms with Crippen LogP contribution in [0.15, 0.2) is 18.2 Å². The molecule has 1 heterocycles. The molecule has 0 bridgehead atoms. The van der Waals surface area contributed by atoms with Crippen LogP contribution in [-0.4, -0.2) is 5.01 Å². The van der Waals surface area contributed by atoms with E-state index in [0.29, 0.717) is 13.1 Å². The Labute approximate surface area is 64.4 Å². The van der Waals surface area contributed by atoms with Gasteiger partial charge in [-0.2, -0.15) is 0 Å². The van der Waals surface area contributed by atoms with Crippen LogP contribution >= 0.6 is 0 Å². The van der Waals surface area contributed by atoms with Gasteiger partial charge in [0.05, 0.1) is 0 Å². The van der Waals surface area contributed by atoms with E-state index in [-0.39, 0.29) is 5.82 Å². The van der Waals surface area contributed by atoms with Crippen LogP contribution in [0.2, 0.25) is 0 Å². The van der Waals surface area contributed by atoms with E-state index in [1.165, 1.54) is 6.07 Å². The van der Waals surface area contributed by atoms with Crippen molar-refractivity contribution < 1.29 is 4.39 Å². The van der Waals surface area contributed by atoms with Crippen LogP contribution in [0.3, 0.4) is 0 Å². The van der Waals surface area contributed by atoms with Gasteiger partial charge in [-0.25, -0.2) is 9.40 Å². The molecule has 0 unspecified atom stereocenters. The first-order valence-corrected chi connectivity index (χ1v) is 3.53. The summed E-state index contributed by atoms with van der Waals surface area (Å²) in [5, 5.41) is 1.60. The Kier molecular flexibility index (Phi) is 1.41. The van der Waals surface area contributed by atoms with E-state index >= 15 is 0 Å². The van der Waals surface area contributed by atoms with Gasteiger partial charge in [0.1, 0.15) is 5.82 Å². The summed E-state index contributed by atoms with van der Waals surface area (Å²) < 4.78 is 13.0. The first kappa shape index (κ1) is 6.76. The topological polar surface area (TPSA) is 29.3 Å². The molecule has 11 heavy (non-hydrogen) atoms. The average Bonchev–Trinajstić information content (AvgIpc) is 2.31. The highest BCUT2D eigenvalue weighted by atomic mass is 19.1. The fraction of sp³-hybridized carbons (Fsp3) is 0.250. The summed E-state index contributed by atoms with van der Waals surface area (Å²) in [5.41, 5.74) is 1.75. The van der Waals surface area contributed by atoms with Gasteiger partial charge in [-0.15, -0.1) is 0 Å². The number of halogens is 1. The van der Waals surface area contributed by atoms with Crippen molar-refractivity contribution >= 4 is 0 Å². The van der Waals surface area contributed by atoms with E-state index in [2.05, 4.69) is 0 Å². The number of nitrogens with two attached hydrogens (primary N) is 1. The maximum Gasteiger partial charge on any atom is 0.128 e. The molecule has 1 aromatic carbocycles. The third-order valence-corrected chi connectivity index (χ3v) is 1.95. The zero-order valence-corrected chi connectivity index (χ0v) is 6.05. The molecule has 0 radical (unpaired) electrons. The monoisotopic (exact) mass is 152 g/mol. The van der Waals surface area contributed by atoms with Crippen molar-refractivity contribution in [2.24, 2.45) is 5.84 Å². The normalized spacial score (nSPS) is 16.9. The molecular weight excluding hydrogens is 143 g/mol. The van der Waals surface area contributed by atoms with E-state index < -0.39 is 0 Å². The Morgan fingerprint density at radius 3 is 2.91 bits per heavy atom. The molecule has 3 heteroatoms. The molecule has 0 atom stereocenters. The van der Waals surface area contributed by atoms with Gasteiger partial charge in [-0.05, 0) is 11.6 Å². The number of hydrazine groups is 1. The molecule has 1 aliphatic heterocycles. The lowest BCUT2D eigenvalue weighted by Gasteiger charge is -2.02. The number of rotatable bonds is 0. The standard InChI is InChI=1S/C8H9FN2/c9-8-3-1-2-6-4-11(10)5-7(6)8/h1-3H,4-5,10H2. The van der Waals surface area contributed by atoms with Crippen molar-refractivity contribution in [3.05, 3.63) is 35.1 Å². The van der Waals surface area contributed by atoms with Gasteiger partial charge in [0, 0.05) is 18.7 Å². The lowest BCUT2D eigenvalue weighted by molar-refractivity contribution is 0.293. The molecule has 58 valence electrons. The van der Waals surface area contributed by atoms with Gasteiger partial charge in [0.25, 0.3) is 0 Å². The molecule has 0 spiro atoms. The van der Waals surface area contributed by atoms with Crippen LogP contribution in [0.25, 0.3) is 0 Å². The Morgan fingerprint density at radius 1 is 1.36 bits per heavy atom. The van der Waals surface area contributed by atoms with Crippen molar-refractivity contribution in [1.82, 2.24) is 5.01 Å². The van der Waals surface area contributed by atoms with Crippen LogP contribution < -0.4 is 5.84 Å². The van der Waals surface area contributed by atoms with Crippen molar-refractivity contribution in [1.29, 1.82) is 0 Å². The number of fused-ring (bicyclic) bond motifs is 1. The third kappa shape index (κ3) is 1.02. The smallest absolute Gasteiger partial charge is 0.128 e. The second-order valence-electron chi connectivity index (χ2n) is 2.78. The SMILES string of the molecule is NN1Cc2cccc(F)c2C1. The Hall–Kier alpha value is -0.930. The number of hydrogen-bond donors (Lipinski definition) is 1. The van der Waals surface area contributed by atoms with Crippen molar-refractivity contribution in [2.45, 2.75) is 13.1 Å². The molecule has 0 saturated heterocycles. The highest BCUT2D eigenvalue weighted by Gasteiger charge is 2.18. The predicted octanol–water partition coefficient (Wildman–Crippen LogP) is 1.02. The van der Waals surface area contributed by atoms with E-state index in [4.69, 9.17) is 5.84 Å². The van der Waals surface area contributed by atoms with Crippen molar-refractivity contribution in [2.75, 3.05) is 0 Å². The van der Waals surface area contributed by atoms with Crippen LogP contribution in [0, 0.1) is 5.82 Å². The van der Waals surface area contributed by atoms with Crippen LogP contribution in [0.1, 0.15) is 11.1 Å². The fourth-order valence-electron chi connectivity index (χ4n) is 1.41. The minimum Gasteiger partial charge on any atom is -0.268 e. The molecule has 0 fully saturated rings. The predicted molar refractivity (Wildman–Crippen MR) is 39.8 cm³/mol. The summed E-state index contributed by atoms with van der Waals surface area (Å²) in [6.07, 6.45) is 0. The second kappa shape index (κ2) is 2.29. The van der Waals surface area contributed by atoms with E-state index in [9.17, 15) is 4.39 Å². The van der Waals surface area contributed by atoms with Crippen LogP contribution in [-0.2, 0) is 13.1 Å². The van der Waals surface area contributed by atoms with Crippen LogP contribution in [0.5, 0.6) is 0 Å². The number of nitrogens with zero attached hydrogens (tertiary/aromatic N) is 1. The van der Waals surface area contributed by atoms with Gasteiger partial charge in [-0.1, -0.05) is 12.1 Å². The molecule has 0 saturated carbocycles. The lowest BCUT2D eigenvalue weighted by atomic mass is 10.1.